The van der Waals surface area contributed by atoms with E-state index in [0.29, 0.717) is 5.56 Å². The van der Waals surface area contributed by atoms with Crippen LogP contribution in [0.1, 0.15) is 39.9 Å². The second kappa shape index (κ2) is 12.4. The van der Waals surface area contributed by atoms with Crippen LogP contribution < -0.4 is 4.74 Å². The maximum atomic E-state index is 11.0. The second-order valence-electron chi connectivity index (χ2n) is 8.98. The molecule has 1 N–H and O–H groups in total. The third-order valence-electron chi connectivity index (χ3n) is 6.35. The number of rotatable bonds is 10. The summed E-state index contributed by atoms with van der Waals surface area (Å²) in [5, 5.41) is 9.05. The summed E-state index contributed by atoms with van der Waals surface area (Å²) in [6.45, 7) is 6.93. The maximum Gasteiger partial charge on any atom is 0.335 e. The number of ether oxygens (including phenoxy) is 1. The van der Waals surface area contributed by atoms with Crippen LogP contribution in [-0.2, 0) is 13.0 Å². The van der Waals surface area contributed by atoms with E-state index in [2.05, 4.69) is 58.3 Å². The number of carboxylic acid groups (broad SMARTS) is 1. The zero-order valence-corrected chi connectivity index (χ0v) is 19.7. The Morgan fingerprint density at radius 1 is 0.765 bits per heavy atom. The van der Waals surface area contributed by atoms with E-state index >= 15 is 0 Å². The molecule has 34 heavy (non-hydrogen) atoms. The molecule has 3 aromatic carbocycles. The monoisotopic (exact) mass is 458 g/mol. The van der Waals surface area contributed by atoms with Crippen molar-refractivity contribution < 1.29 is 14.6 Å². The number of carboxylic acids is 1. The van der Waals surface area contributed by atoms with Crippen molar-refractivity contribution in [3.8, 4) is 5.75 Å². The Bertz CT molecular complexity index is 1020. The van der Waals surface area contributed by atoms with Gasteiger partial charge in [-0.15, -0.1) is 0 Å². The predicted octanol–water partition coefficient (Wildman–Crippen LogP) is 4.95. The summed E-state index contributed by atoms with van der Waals surface area (Å²) >= 11 is 0. The van der Waals surface area contributed by atoms with Crippen molar-refractivity contribution in [2.75, 3.05) is 39.3 Å². The van der Waals surface area contributed by atoms with Gasteiger partial charge in [0.05, 0.1) is 12.2 Å². The van der Waals surface area contributed by atoms with E-state index in [1.54, 1.807) is 12.1 Å². The van der Waals surface area contributed by atoms with E-state index in [1.165, 1.54) is 16.7 Å². The van der Waals surface area contributed by atoms with E-state index < -0.39 is 5.97 Å². The zero-order chi connectivity index (χ0) is 23.6. The van der Waals surface area contributed by atoms with Crippen molar-refractivity contribution >= 4 is 5.97 Å². The van der Waals surface area contributed by atoms with Crippen molar-refractivity contribution in [3.05, 3.63) is 101 Å². The average Bonchev–Trinajstić information content (AvgIpc) is 3.09. The molecule has 5 heteroatoms. The average molecular weight is 459 g/mol. The van der Waals surface area contributed by atoms with Crippen molar-refractivity contribution in [2.24, 2.45) is 0 Å². The topological polar surface area (TPSA) is 53.0 Å². The van der Waals surface area contributed by atoms with Gasteiger partial charge in [0.25, 0.3) is 0 Å². The van der Waals surface area contributed by atoms with Gasteiger partial charge in [0, 0.05) is 26.2 Å². The normalized spacial score (nSPS) is 15.1. The van der Waals surface area contributed by atoms with Gasteiger partial charge in [-0.1, -0.05) is 54.6 Å². The lowest BCUT2D eigenvalue weighted by molar-refractivity contribution is 0.0697. The van der Waals surface area contributed by atoms with Gasteiger partial charge >= 0.3 is 5.97 Å². The maximum absolute atomic E-state index is 11.0. The molecule has 0 radical (unpaired) electrons. The highest BCUT2D eigenvalue weighted by molar-refractivity contribution is 5.87. The quantitative estimate of drug-likeness (QED) is 0.436. The first-order chi connectivity index (χ1) is 16.7. The summed E-state index contributed by atoms with van der Waals surface area (Å²) in [7, 11) is 0. The number of hydrogen-bond donors (Lipinski definition) is 1. The third-order valence-corrected chi connectivity index (χ3v) is 6.35. The van der Waals surface area contributed by atoms with Crippen LogP contribution >= 0.6 is 0 Å². The molecule has 1 aliphatic heterocycles. The van der Waals surface area contributed by atoms with E-state index in [-0.39, 0.29) is 0 Å². The molecule has 178 valence electrons. The van der Waals surface area contributed by atoms with E-state index in [1.807, 2.05) is 18.2 Å². The molecule has 5 nitrogen and oxygen atoms in total. The summed E-state index contributed by atoms with van der Waals surface area (Å²) < 4.78 is 5.98. The van der Waals surface area contributed by atoms with Crippen LogP contribution in [0.25, 0.3) is 0 Å². The highest BCUT2D eigenvalue weighted by atomic mass is 16.5. The molecule has 1 fully saturated rings. The number of aromatic carboxylic acids is 1. The molecule has 1 saturated heterocycles. The fraction of sp³-hybridized carbons (Fsp3) is 0.345. The molecule has 0 aromatic heterocycles. The molecular formula is C29H34N2O3. The largest absolute Gasteiger partial charge is 0.494 e. The summed E-state index contributed by atoms with van der Waals surface area (Å²) in [5.74, 6) is 0.0637. The van der Waals surface area contributed by atoms with Gasteiger partial charge < -0.3 is 14.7 Å². The summed E-state index contributed by atoms with van der Waals surface area (Å²) in [5.41, 5.74) is 4.13. The molecule has 0 amide bonds. The molecule has 1 heterocycles. The van der Waals surface area contributed by atoms with Crippen LogP contribution in [0.5, 0.6) is 5.75 Å². The predicted molar refractivity (Wildman–Crippen MR) is 136 cm³/mol. The Balaban J connectivity index is 1.14. The minimum atomic E-state index is -0.874. The molecule has 3 aromatic rings. The van der Waals surface area contributed by atoms with Crippen LogP contribution in [0.2, 0.25) is 0 Å². The first-order valence-corrected chi connectivity index (χ1v) is 12.2. The molecule has 0 saturated carbocycles. The van der Waals surface area contributed by atoms with Gasteiger partial charge in [-0.3, -0.25) is 4.90 Å². The van der Waals surface area contributed by atoms with Crippen LogP contribution in [0.15, 0.2) is 78.9 Å². The van der Waals surface area contributed by atoms with Crippen molar-refractivity contribution in [1.29, 1.82) is 0 Å². The number of benzene rings is 3. The highest BCUT2D eigenvalue weighted by Gasteiger charge is 2.15. The van der Waals surface area contributed by atoms with Crippen LogP contribution in [0.3, 0.4) is 0 Å². The van der Waals surface area contributed by atoms with E-state index in [4.69, 9.17) is 9.84 Å². The third kappa shape index (κ3) is 7.44. The molecule has 0 spiro atoms. The fourth-order valence-corrected chi connectivity index (χ4v) is 4.43. The molecule has 0 atom stereocenters. The van der Waals surface area contributed by atoms with Gasteiger partial charge in [0.1, 0.15) is 5.75 Å². The summed E-state index contributed by atoms with van der Waals surface area (Å²) in [6.07, 6.45) is 3.11. The Kier molecular flexibility index (Phi) is 8.71. The Morgan fingerprint density at radius 3 is 2.15 bits per heavy atom. The van der Waals surface area contributed by atoms with Gasteiger partial charge in [-0.25, -0.2) is 4.79 Å². The van der Waals surface area contributed by atoms with Gasteiger partial charge in [-0.2, -0.15) is 0 Å². The standard InChI is InChI=1S/C29H34N2O3/c32-29(33)27-12-8-26(9-13-27)23-31-17-4-16-30(19-20-31)18-5-21-34-28-14-10-25(11-15-28)22-24-6-2-1-3-7-24/h1-3,6-15H,4-5,16-23H2,(H,32,33). The van der Waals surface area contributed by atoms with E-state index in [0.717, 1.165) is 70.9 Å². The molecular weight excluding hydrogens is 424 g/mol. The fourth-order valence-electron chi connectivity index (χ4n) is 4.43. The molecule has 0 bridgehead atoms. The Hall–Kier alpha value is -3.15. The Morgan fingerprint density at radius 2 is 1.41 bits per heavy atom. The minimum absolute atomic E-state index is 0.344. The molecule has 0 aliphatic carbocycles. The van der Waals surface area contributed by atoms with Crippen LogP contribution in [0, 0.1) is 0 Å². The summed E-state index contributed by atoms with van der Waals surface area (Å²) in [6, 6.07) is 26.2. The lowest BCUT2D eigenvalue weighted by atomic mass is 10.1. The first-order valence-electron chi connectivity index (χ1n) is 12.2. The zero-order valence-electron chi connectivity index (χ0n) is 19.7. The minimum Gasteiger partial charge on any atom is -0.494 e. The van der Waals surface area contributed by atoms with Gasteiger partial charge in [0.2, 0.25) is 0 Å². The smallest absolute Gasteiger partial charge is 0.335 e. The van der Waals surface area contributed by atoms with Crippen LogP contribution in [0.4, 0.5) is 0 Å². The SMILES string of the molecule is O=C(O)c1ccc(CN2CCCN(CCCOc3ccc(Cc4ccccc4)cc3)CC2)cc1. The lowest BCUT2D eigenvalue weighted by Gasteiger charge is -2.22. The van der Waals surface area contributed by atoms with Gasteiger partial charge in [0.15, 0.2) is 0 Å². The first kappa shape index (κ1) is 24.0. The molecule has 0 unspecified atom stereocenters. The second-order valence-corrected chi connectivity index (χ2v) is 8.98. The number of hydrogen-bond acceptors (Lipinski definition) is 4. The van der Waals surface area contributed by atoms with Crippen molar-refractivity contribution in [1.82, 2.24) is 9.80 Å². The number of carbonyl (C=O) groups is 1. The van der Waals surface area contributed by atoms with E-state index in [9.17, 15) is 4.79 Å². The lowest BCUT2D eigenvalue weighted by Crippen LogP contribution is -2.31. The number of nitrogens with zero attached hydrogens (tertiary/aromatic N) is 2. The molecule has 1 aliphatic rings. The Labute approximate surface area is 202 Å². The van der Waals surface area contributed by atoms with Crippen LogP contribution in [-0.4, -0.2) is 60.2 Å². The van der Waals surface area contributed by atoms with Crippen molar-refractivity contribution in [3.63, 3.8) is 0 Å². The van der Waals surface area contributed by atoms with Crippen molar-refractivity contribution in [2.45, 2.75) is 25.8 Å². The van der Waals surface area contributed by atoms with Gasteiger partial charge in [-0.05, 0) is 73.3 Å². The highest BCUT2D eigenvalue weighted by Crippen LogP contribution is 2.16. The molecule has 4 rings (SSSR count). The summed E-state index contributed by atoms with van der Waals surface area (Å²) in [4.78, 5) is 16.0.